The van der Waals surface area contributed by atoms with Gasteiger partial charge in [0.25, 0.3) is 0 Å². The molecular weight excluding hydrogens is 378 g/mol. The van der Waals surface area contributed by atoms with Crippen LogP contribution in [0.25, 0.3) is 34.2 Å². The lowest BCUT2D eigenvalue weighted by Gasteiger charge is -2.17. The molecule has 0 saturated carbocycles. The number of fused-ring (bicyclic) bond motifs is 4. The SMILES string of the molecule is Cc1nn(C)c2c1/C=C\c1[nH]nc3ccc(cc13)-c1cnn(C)c1O[C@@H](C)CNC2. The van der Waals surface area contributed by atoms with Crippen LogP contribution in [-0.2, 0) is 20.6 Å². The van der Waals surface area contributed by atoms with E-state index < -0.39 is 0 Å². The predicted octanol–water partition coefficient (Wildman–Crippen LogP) is 3.05. The summed E-state index contributed by atoms with van der Waals surface area (Å²) in [5, 5.41) is 21.2. The second kappa shape index (κ2) is 7.14. The van der Waals surface area contributed by atoms with Gasteiger partial charge in [-0.05, 0) is 43.7 Å². The number of nitrogens with zero attached hydrogens (tertiary/aromatic N) is 5. The van der Waals surface area contributed by atoms with Gasteiger partial charge in [-0.1, -0.05) is 6.07 Å². The van der Waals surface area contributed by atoms with Crippen LogP contribution in [0.15, 0.2) is 24.4 Å². The Morgan fingerprint density at radius 1 is 1.17 bits per heavy atom. The molecule has 0 aliphatic carbocycles. The van der Waals surface area contributed by atoms with Gasteiger partial charge >= 0.3 is 0 Å². The maximum absolute atomic E-state index is 6.29. The molecule has 8 heteroatoms. The number of nitrogens with one attached hydrogen (secondary N) is 2. The minimum Gasteiger partial charge on any atom is -0.473 e. The van der Waals surface area contributed by atoms with Gasteiger partial charge in [-0.25, -0.2) is 4.68 Å². The van der Waals surface area contributed by atoms with Crippen molar-refractivity contribution in [2.45, 2.75) is 26.5 Å². The second-order valence-electron chi connectivity index (χ2n) is 7.82. The van der Waals surface area contributed by atoms with Gasteiger partial charge in [0.1, 0.15) is 6.10 Å². The summed E-state index contributed by atoms with van der Waals surface area (Å²) < 4.78 is 10.0. The largest absolute Gasteiger partial charge is 0.473 e. The van der Waals surface area contributed by atoms with E-state index in [1.54, 1.807) is 4.68 Å². The molecule has 30 heavy (non-hydrogen) atoms. The Kier molecular flexibility index (Phi) is 4.43. The fraction of sp³-hybridized carbons (Fsp3) is 0.318. The number of ether oxygens (including phenoxy) is 1. The van der Waals surface area contributed by atoms with Crippen LogP contribution >= 0.6 is 0 Å². The quantitative estimate of drug-likeness (QED) is 0.471. The average molecular weight is 403 g/mol. The van der Waals surface area contributed by atoms with E-state index in [1.165, 1.54) is 0 Å². The van der Waals surface area contributed by atoms with Crippen LogP contribution < -0.4 is 10.1 Å². The van der Waals surface area contributed by atoms with Crippen molar-refractivity contribution in [3.63, 3.8) is 0 Å². The third-order valence-corrected chi connectivity index (χ3v) is 5.62. The zero-order chi connectivity index (χ0) is 20.8. The van der Waals surface area contributed by atoms with Gasteiger partial charge in [-0.2, -0.15) is 15.3 Å². The zero-order valence-electron chi connectivity index (χ0n) is 17.6. The minimum atomic E-state index is -0.0224. The molecule has 4 aromatic rings. The lowest BCUT2D eigenvalue weighted by Crippen LogP contribution is -2.30. The molecule has 3 aromatic heterocycles. The third kappa shape index (κ3) is 3.09. The molecule has 2 bridgehead atoms. The standard InChI is InChI=1S/C22H25N7O/c1-13-10-23-12-21-16(14(2)27-28(21)3)6-8-20-17-9-15(5-7-19(17)25-26-20)18-11-24-29(4)22(18)30-13/h5-9,11,13,23H,10,12H2,1-4H3,(H,25,26)/b8-6-/t13-/m0/s1. The van der Waals surface area contributed by atoms with Crippen LogP contribution in [0.3, 0.4) is 0 Å². The maximum Gasteiger partial charge on any atom is 0.219 e. The van der Waals surface area contributed by atoms with Crippen molar-refractivity contribution in [1.29, 1.82) is 0 Å². The number of aromatic nitrogens is 6. The Labute approximate surface area is 174 Å². The van der Waals surface area contributed by atoms with Gasteiger partial charge in [-0.15, -0.1) is 0 Å². The molecule has 1 aliphatic heterocycles. The van der Waals surface area contributed by atoms with E-state index in [9.17, 15) is 0 Å². The average Bonchev–Trinajstić information content (AvgIpc) is 3.36. The molecule has 0 amide bonds. The number of hydrogen-bond donors (Lipinski definition) is 2. The van der Waals surface area contributed by atoms with E-state index in [0.29, 0.717) is 13.1 Å². The van der Waals surface area contributed by atoms with Crippen LogP contribution in [0, 0.1) is 6.92 Å². The fourth-order valence-corrected chi connectivity index (χ4v) is 4.03. The highest BCUT2D eigenvalue weighted by atomic mass is 16.5. The van der Waals surface area contributed by atoms with Crippen molar-refractivity contribution < 1.29 is 4.74 Å². The number of rotatable bonds is 0. The van der Waals surface area contributed by atoms with E-state index in [4.69, 9.17) is 4.74 Å². The van der Waals surface area contributed by atoms with Crippen molar-refractivity contribution in [3.8, 4) is 17.0 Å². The number of aromatic amines is 1. The summed E-state index contributed by atoms with van der Waals surface area (Å²) in [5.41, 5.74) is 7.17. The summed E-state index contributed by atoms with van der Waals surface area (Å²) >= 11 is 0. The maximum atomic E-state index is 6.29. The summed E-state index contributed by atoms with van der Waals surface area (Å²) in [6, 6.07) is 6.23. The molecule has 2 N–H and O–H groups in total. The van der Waals surface area contributed by atoms with Crippen LogP contribution in [0.5, 0.6) is 5.88 Å². The van der Waals surface area contributed by atoms with Crippen molar-refractivity contribution in [2.24, 2.45) is 14.1 Å². The third-order valence-electron chi connectivity index (χ3n) is 5.62. The first-order valence-corrected chi connectivity index (χ1v) is 10.1. The first-order chi connectivity index (χ1) is 14.5. The molecule has 154 valence electrons. The van der Waals surface area contributed by atoms with E-state index in [0.717, 1.165) is 50.6 Å². The fourth-order valence-electron chi connectivity index (χ4n) is 4.03. The Morgan fingerprint density at radius 2 is 2.03 bits per heavy atom. The Balaban J connectivity index is 1.68. The van der Waals surface area contributed by atoms with Crippen LogP contribution in [0.1, 0.15) is 29.6 Å². The summed E-state index contributed by atoms with van der Waals surface area (Å²) in [6.45, 7) is 5.51. The second-order valence-corrected chi connectivity index (χ2v) is 7.82. The summed E-state index contributed by atoms with van der Waals surface area (Å²) in [5.74, 6) is 0.760. The lowest BCUT2D eigenvalue weighted by atomic mass is 10.0. The normalized spacial score (nSPS) is 17.8. The smallest absolute Gasteiger partial charge is 0.219 e. The van der Waals surface area contributed by atoms with Crippen LogP contribution in [0.2, 0.25) is 0 Å². The first-order valence-electron chi connectivity index (χ1n) is 10.1. The summed E-state index contributed by atoms with van der Waals surface area (Å²) in [6.07, 6.45) is 6.03. The molecule has 1 atom stereocenters. The minimum absolute atomic E-state index is 0.0224. The zero-order valence-corrected chi connectivity index (χ0v) is 17.6. The summed E-state index contributed by atoms with van der Waals surface area (Å²) in [4.78, 5) is 0. The monoisotopic (exact) mass is 403 g/mol. The Bertz CT molecular complexity index is 1260. The van der Waals surface area contributed by atoms with Crippen molar-refractivity contribution in [3.05, 3.63) is 47.0 Å². The van der Waals surface area contributed by atoms with E-state index >= 15 is 0 Å². The highest BCUT2D eigenvalue weighted by Crippen LogP contribution is 2.33. The van der Waals surface area contributed by atoms with Gasteiger partial charge in [0.2, 0.25) is 5.88 Å². The highest BCUT2D eigenvalue weighted by Gasteiger charge is 2.18. The van der Waals surface area contributed by atoms with Gasteiger partial charge in [0, 0.05) is 38.1 Å². The molecule has 0 unspecified atom stereocenters. The number of benzene rings is 1. The molecule has 0 spiro atoms. The van der Waals surface area contributed by atoms with Gasteiger partial charge in [0.05, 0.1) is 34.4 Å². The van der Waals surface area contributed by atoms with E-state index in [-0.39, 0.29) is 6.10 Å². The number of aryl methyl sites for hydroxylation is 3. The molecule has 1 aromatic carbocycles. The van der Waals surface area contributed by atoms with Crippen molar-refractivity contribution in [1.82, 2.24) is 35.1 Å². The van der Waals surface area contributed by atoms with E-state index in [2.05, 4.69) is 56.9 Å². The van der Waals surface area contributed by atoms with Gasteiger partial charge < -0.3 is 10.1 Å². The lowest BCUT2D eigenvalue weighted by molar-refractivity contribution is 0.199. The van der Waals surface area contributed by atoms with Gasteiger partial charge in [-0.3, -0.25) is 9.78 Å². The molecule has 5 rings (SSSR count). The first kappa shape index (κ1) is 18.6. The van der Waals surface area contributed by atoms with Crippen molar-refractivity contribution >= 4 is 23.1 Å². The van der Waals surface area contributed by atoms with Crippen LogP contribution in [-0.4, -0.2) is 42.4 Å². The molecule has 1 aliphatic rings. The Morgan fingerprint density at radius 3 is 2.90 bits per heavy atom. The molecule has 8 nitrogen and oxygen atoms in total. The summed E-state index contributed by atoms with van der Waals surface area (Å²) in [7, 11) is 3.89. The Hall–Kier alpha value is -3.39. The number of H-pyrrole nitrogens is 1. The molecular formula is C22H25N7O. The van der Waals surface area contributed by atoms with Crippen LogP contribution in [0.4, 0.5) is 0 Å². The topological polar surface area (TPSA) is 85.6 Å². The molecule has 0 radical (unpaired) electrons. The van der Waals surface area contributed by atoms with Gasteiger partial charge in [0.15, 0.2) is 0 Å². The number of hydrogen-bond acceptors (Lipinski definition) is 5. The van der Waals surface area contributed by atoms with E-state index in [1.807, 2.05) is 38.0 Å². The highest BCUT2D eigenvalue weighted by molar-refractivity contribution is 5.93. The molecule has 0 saturated heterocycles. The predicted molar refractivity (Wildman–Crippen MR) is 117 cm³/mol. The van der Waals surface area contributed by atoms with Crippen molar-refractivity contribution in [2.75, 3.05) is 6.54 Å². The molecule has 0 fully saturated rings. The molecule has 4 heterocycles.